The van der Waals surface area contributed by atoms with Crippen molar-refractivity contribution >= 4 is 38.7 Å². The predicted molar refractivity (Wildman–Crippen MR) is 135 cm³/mol. The number of piperidine rings is 1. The van der Waals surface area contributed by atoms with Gasteiger partial charge < -0.3 is 20.7 Å². The van der Waals surface area contributed by atoms with Crippen molar-refractivity contribution < 1.29 is 27.5 Å². The third-order valence-corrected chi connectivity index (χ3v) is 7.31. The molecule has 1 fully saturated rings. The normalized spacial score (nSPS) is 16.2. The molecule has 1 aliphatic rings. The average Bonchev–Trinajstić information content (AvgIpc) is 2.82. The van der Waals surface area contributed by atoms with Crippen molar-refractivity contribution in [1.29, 1.82) is 0 Å². The summed E-state index contributed by atoms with van der Waals surface area (Å²) >= 11 is 0. The van der Waals surface area contributed by atoms with E-state index in [0.717, 1.165) is 24.6 Å². The van der Waals surface area contributed by atoms with Crippen LogP contribution in [0.5, 0.6) is 0 Å². The van der Waals surface area contributed by atoms with Gasteiger partial charge in [0.15, 0.2) is 0 Å². The van der Waals surface area contributed by atoms with Gasteiger partial charge in [-0.15, -0.1) is 0 Å². The fourth-order valence-corrected chi connectivity index (χ4v) is 5.39. The van der Waals surface area contributed by atoms with Gasteiger partial charge in [-0.25, -0.2) is 13.2 Å². The molecule has 1 aliphatic heterocycles. The Labute approximate surface area is 211 Å². The first-order chi connectivity index (χ1) is 16.9. The largest absolute Gasteiger partial charge is 0.444 e. The van der Waals surface area contributed by atoms with E-state index in [2.05, 4.69) is 10.0 Å². The van der Waals surface area contributed by atoms with Crippen LogP contribution in [0.1, 0.15) is 40.0 Å². The van der Waals surface area contributed by atoms with Gasteiger partial charge in [0.25, 0.3) is 0 Å². The van der Waals surface area contributed by atoms with E-state index in [-0.39, 0.29) is 11.4 Å². The Balaban J connectivity index is 1.89. The minimum absolute atomic E-state index is 0.0725. The number of nitrogens with two attached hydrogens (primary N) is 1. The number of nitrogens with one attached hydrogen (secondary N) is 2. The van der Waals surface area contributed by atoms with Crippen molar-refractivity contribution in [3.8, 4) is 0 Å². The summed E-state index contributed by atoms with van der Waals surface area (Å²) in [4.78, 5) is 39.7. The van der Waals surface area contributed by atoms with Crippen LogP contribution in [-0.4, -0.2) is 62.5 Å². The van der Waals surface area contributed by atoms with E-state index >= 15 is 0 Å². The number of carbonyl (C=O) groups excluding carboxylic acids is 3. The Hall–Kier alpha value is -3.18. The fourth-order valence-electron chi connectivity index (χ4n) is 4.11. The van der Waals surface area contributed by atoms with E-state index in [1.807, 2.05) is 12.1 Å². The second kappa shape index (κ2) is 11.3. The van der Waals surface area contributed by atoms with Crippen LogP contribution in [0.4, 0.5) is 4.79 Å². The Bertz CT molecular complexity index is 1220. The van der Waals surface area contributed by atoms with Crippen LogP contribution >= 0.6 is 0 Å². The first-order valence-electron chi connectivity index (χ1n) is 11.9. The Kier molecular flexibility index (Phi) is 8.57. The van der Waals surface area contributed by atoms with Crippen molar-refractivity contribution in [1.82, 2.24) is 14.9 Å². The van der Waals surface area contributed by atoms with Gasteiger partial charge in [0.05, 0.1) is 10.8 Å². The molecule has 2 aromatic carbocycles. The van der Waals surface area contributed by atoms with Crippen LogP contribution < -0.4 is 15.8 Å². The second-order valence-corrected chi connectivity index (χ2v) is 11.6. The molecule has 36 heavy (non-hydrogen) atoms. The Morgan fingerprint density at radius 1 is 1.03 bits per heavy atom. The molecule has 196 valence electrons. The number of ether oxygens (including phenoxy) is 1. The summed E-state index contributed by atoms with van der Waals surface area (Å²) in [6.07, 6.45) is 1.77. The monoisotopic (exact) mass is 518 g/mol. The van der Waals surface area contributed by atoms with E-state index < -0.39 is 45.5 Å². The van der Waals surface area contributed by atoms with Crippen molar-refractivity contribution in [2.45, 2.75) is 56.6 Å². The van der Waals surface area contributed by atoms with Crippen LogP contribution in [0.15, 0.2) is 47.4 Å². The third kappa shape index (κ3) is 7.17. The van der Waals surface area contributed by atoms with Gasteiger partial charge in [-0.3, -0.25) is 9.59 Å². The molecule has 2 unspecified atom stereocenters. The van der Waals surface area contributed by atoms with E-state index in [1.54, 1.807) is 43.9 Å². The molecule has 0 bridgehead atoms. The molecule has 0 aliphatic carbocycles. The third-order valence-electron chi connectivity index (χ3n) is 5.87. The van der Waals surface area contributed by atoms with Crippen molar-refractivity contribution in [2.75, 3.05) is 19.6 Å². The molecule has 0 radical (unpaired) electrons. The van der Waals surface area contributed by atoms with Gasteiger partial charge in [-0.05, 0) is 62.9 Å². The first-order valence-corrected chi connectivity index (χ1v) is 13.4. The number of amides is 3. The van der Waals surface area contributed by atoms with Gasteiger partial charge in [0.2, 0.25) is 21.8 Å². The number of benzene rings is 2. The van der Waals surface area contributed by atoms with Crippen molar-refractivity contribution in [2.24, 2.45) is 11.7 Å². The molecular weight excluding hydrogens is 484 g/mol. The number of alkyl carbamates (subject to hydrolysis) is 1. The maximum absolute atomic E-state index is 13.4. The number of rotatable bonds is 8. The fraction of sp³-hybridized carbons (Fsp3) is 0.480. The van der Waals surface area contributed by atoms with Gasteiger partial charge >= 0.3 is 6.09 Å². The molecule has 3 rings (SSSR count). The van der Waals surface area contributed by atoms with Crippen LogP contribution in [0.2, 0.25) is 0 Å². The molecular formula is C25H34N4O6S. The zero-order valence-electron chi connectivity index (χ0n) is 20.8. The van der Waals surface area contributed by atoms with Gasteiger partial charge in [-0.2, -0.15) is 4.72 Å². The van der Waals surface area contributed by atoms with Crippen LogP contribution in [0, 0.1) is 5.92 Å². The maximum atomic E-state index is 13.4. The molecule has 3 amide bonds. The summed E-state index contributed by atoms with van der Waals surface area (Å²) in [7, 11) is -4.24. The lowest BCUT2D eigenvalue weighted by atomic mass is 9.96. The summed E-state index contributed by atoms with van der Waals surface area (Å²) in [5, 5.41) is 4.04. The molecule has 2 atom stereocenters. The molecule has 1 saturated heterocycles. The predicted octanol–water partition coefficient (Wildman–Crippen LogP) is 2.13. The number of hydrogen-bond donors (Lipinski definition) is 3. The van der Waals surface area contributed by atoms with E-state index in [4.69, 9.17) is 10.5 Å². The molecule has 10 nitrogen and oxygen atoms in total. The summed E-state index contributed by atoms with van der Waals surface area (Å²) in [5.74, 6) is -2.75. The zero-order chi connectivity index (χ0) is 26.5. The SMILES string of the molecule is CC(C)(C)OC(=O)NCC(C(=O)N1CCCCC1)C(NS(=O)(=O)c1ccc2ccccc2c1)C(N)=O. The number of carbonyl (C=O) groups is 3. The van der Waals surface area contributed by atoms with Crippen LogP contribution in [-0.2, 0) is 24.3 Å². The van der Waals surface area contributed by atoms with Gasteiger partial charge in [0.1, 0.15) is 11.6 Å². The lowest BCUT2D eigenvalue weighted by molar-refractivity contribution is -0.139. The van der Waals surface area contributed by atoms with Gasteiger partial charge in [-0.1, -0.05) is 30.3 Å². The van der Waals surface area contributed by atoms with E-state index in [9.17, 15) is 22.8 Å². The Morgan fingerprint density at radius 2 is 1.67 bits per heavy atom. The van der Waals surface area contributed by atoms with Crippen molar-refractivity contribution in [3.63, 3.8) is 0 Å². The molecule has 0 aromatic heterocycles. The summed E-state index contributed by atoms with van der Waals surface area (Å²) in [6, 6.07) is 10.2. The minimum atomic E-state index is -4.24. The highest BCUT2D eigenvalue weighted by atomic mass is 32.2. The molecule has 2 aromatic rings. The first kappa shape index (κ1) is 27.4. The standard InChI is InChI=1S/C25H34N4O6S/c1-25(2,3)35-24(32)27-16-20(23(31)29-13-7-4-8-14-29)21(22(26)30)28-36(33,34)19-12-11-17-9-5-6-10-18(17)15-19/h5-6,9-12,15,20-21,28H,4,7-8,13-14,16H2,1-3H3,(H2,26,30)(H,27,32). The molecule has 11 heteroatoms. The number of fused-ring (bicyclic) bond motifs is 1. The lowest BCUT2D eigenvalue weighted by Crippen LogP contribution is -2.57. The van der Waals surface area contributed by atoms with E-state index in [0.29, 0.717) is 18.5 Å². The topological polar surface area (TPSA) is 148 Å². The van der Waals surface area contributed by atoms with Crippen LogP contribution in [0.3, 0.4) is 0 Å². The maximum Gasteiger partial charge on any atom is 0.407 e. The molecule has 1 heterocycles. The highest BCUT2D eigenvalue weighted by Gasteiger charge is 2.39. The second-order valence-electron chi connectivity index (χ2n) is 9.89. The highest BCUT2D eigenvalue weighted by Crippen LogP contribution is 2.21. The number of primary amides is 1. The Morgan fingerprint density at radius 3 is 2.28 bits per heavy atom. The van der Waals surface area contributed by atoms with Gasteiger partial charge in [0, 0.05) is 19.6 Å². The summed E-state index contributed by atoms with van der Waals surface area (Å²) in [5.41, 5.74) is 4.83. The highest BCUT2D eigenvalue weighted by molar-refractivity contribution is 7.89. The average molecular weight is 519 g/mol. The molecule has 4 N–H and O–H groups in total. The molecule has 0 saturated carbocycles. The zero-order valence-corrected chi connectivity index (χ0v) is 21.6. The smallest absolute Gasteiger partial charge is 0.407 e. The quantitative estimate of drug-likeness (QED) is 0.488. The summed E-state index contributed by atoms with van der Waals surface area (Å²) in [6.45, 7) is 5.68. The number of nitrogens with zero attached hydrogens (tertiary/aromatic N) is 1. The minimum Gasteiger partial charge on any atom is -0.444 e. The number of hydrogen-bond acceptors (Lipinski definition) is 6. The van der Waals surface area contributed by atoms with Crippen molar-refractivity contribution in [3.05, 3.63) is 42.5 Å². The van der Waals surface area contributed by atoms with Crippen LogP contribution in [0.25, 0.3) is 10.8 Å². The van der Waals surface area contributed by atoms with E-state index in [1.165, 1.54) is 12.1 Å². The molecule has 0 spiro atoms. The lowest BCUT2D eigenvalue weighted by Gasteiger charge is -2.33. The summed E-state index contributed by atoms with van der Waals surface area (Å²) < 4.78 is 34.1. The number of likely N-dealkylation sites (tertiary alicyclic amines) is 1. The number of sulfonamides is 1.